The summed E-state index contributed by atoms with van der Waals surface area (Å²) in [7, 11) is 0. The van der Waals surface area contributed by atoms with Crippen LogP contribution in [0, 0.1) is 5.92 Å². The smallest absolute Gasteiger partial charge is 0.261 e. The Morgan fingerprint density at radius 2 is 2.18 bits per heavy atom. The van der Waals surface area contributed by atoms with E-state index in [0.717, 1.165) is 31.6 Å². The SMILES string of the molecule is O=C(N[C@H](c1cccnc1)C1CCOCC1)c1ccc(Cl)s1. The van der Waals surface area contributed by atoms with Crippen LogP contribution in [0.3, 0.4) is 0 Å². The number of pyridine rings is 1. The predicted molar refractivity (Wildman–Crippen MR) is 87.3 cm³/mol. The molecule has 116 valence electrons. The fraction of sp³-hybridized carbons (Fsp3) is 0.375. The molecule has 0 bridgehead atoms. The molecule has 0 unspecified atom stereocenters. The molecule has 0 saturated carbocycles. The van der Waals surface area contributed by atoms with Gasteiger partial charge in [-0.25, -0.2) is 0 Å². The zero-order valence-corrected chi connectivity index (χ0v) is 13.6. The highest BCUT2D eigenvalue weighted by molar-refractivity contribution is 7.17. The molecule has 1 saturated heterocycles. The molecule has 0 radical (unpaired) electrons. The number of aromatic nitrogens is 1. The van der Waals surface area contributed by atoms with Crippen molar-refractivity contribution in [3.05, 3.63) is 51.4 Å². The summed E-state index contributed by atoms with van der Waals surface area (Å²) in [5, 5.41) is 3.15. The molecular formula is C16H17ClN2O2S. The minimum Gasteiger partial charge on any atom is -0.381 e. The van der Waals surface area contributed by atoms with Crippen molar-refractivity contribution in [3.8, 4) is 0 Å². The number of rotatable bonds is 4. The minimum absolute atomic E-state index is 0.0500. The molecule has 6 heteroatoms. The fourth-order valence-corrected chi connectivity index (χ4v) is 3.68. The maximum Gasteiger partial charge on any atom is 0.261 e. The standard InChI is InChI=1S/C16H17ClN2O2S/c17-14-4-3-13(22-14)16(20)19-15(11-5-8-21-9-6-11)12-2-1-7-18-10-12/h1-4,7,10-11,15H,5-6,8-9H2,(H,19,20)/t15-/m0/s1. The van der Waals surface area contributed by atoms with Crippen molar-refractivity contribution >= 4 is 28.8 Å². The predicted octanol–water partition coefficient (Wildman–Crippen LogP) is 3.69. The van der Waals surface area contributed by atoms with Crippen molar-refractivity contribution in [1.82, 2.24) is 10.3 Å². The molecule has 1 aliphatic heterocycles. The van der Waals surface area contributed by atoms with Gasteiger partial charge in [0.1, 0.15) is 0 Å². The Labute approximate surface area is 138 Å². The molecule has 1 amide bonds. The zero-order chi connectivity index (χ0) is 15.4. The van der Waals surface area contributed by atoms with E-state index < -0.39 is 0 Å². The van der Waals surface area contributed by atoms with Crippen LogP contribution in [-0.2, 0) is 4.74 Å². The third-order valence-electron chi connectivity index (χ3n) is 3.86. The molecule has 3 rings (SSSR count). The third-order valence-corrected chi connectivity index (χ3v) is 5.09. The first-order valence-electron chi connectivity index (χ1n) is 7.28. The molecule has 0 aliphatic carbocycles. The average molecular weight is 337 g/mol. The van der Waals surface area contributed by atoms with Gasteiger partial charge in [-0.3, -0.25) is 9.78 Å². The zero-order valence-electron chi connectivity index (χ0n) is 12.0. The van der Waals surface area contributed by atoms with Crippen molar-refractivity contribution in [3.63, 3.8) is 0 Å². The van der Waals surface area contributed by atoms with E-state index in [1.807, 2.05) is 18.3 Å². The summed E-state index contributed by atoms with van der Waals surface area (Å²) in [5.74, 6) is 0.273. The summed E-state index contributed by atoms with van der Waals surface area (Å²) in [6.45, 7) is 1.48. The van der Waals surface area contributed by atoms with Crippen LogP contribution in [0.5, 0.6) is 0 Å². The molecule has 0 aromatic carbocycles. The van der Waals surface area contributed by atoms with Gasteiger partial charge in [0.25, 0.3) is 5.91 Å². The van der Waals surface area contributed by atoms with Gasteiger partial charge in [-0.2, -0.15) is 0 Å². The number of carbonyl (C=O) groups excluding carboxylic acids is 1. The molecule has 1 fully saturated rings. The largest absolute Gasteiger partial charge is 0.381 e. The monoisotopic (exact) mass is 336 g/mol. The Balaban J connectivity index is 1.80. The molecule has 1 aliphatic rings. The maximum atomic E-state index is 12.5. The number of carbonyl (C=O) groups is 1. The van der Waals surface area contributed by atoms with Gasteiger partial charge >= 0.3 is 0 Å². The molecule has 2 aromatic heterocycles. The Hall–Kier alpha value is -1.43. The molecule has 3 heterocycles. The van der Waals surface area contributed by atoms with Crippen LogP contribution < -0.4 is 5.32 Å². The van der Waals surface area contributed by atoms with Crippen LogP contribution in [0.2, 0.25) is 4.34 Å². The highest BCUT2D eigenvalue weighted by Gasteiger charge is 2.27. The number of hydrogen-bond acceptors (Lipinski definition) is 4. The van der Waals surface area contributed by atoms with Gasteiger partial charge in [0.15, 0.2) is 0 Å². The number of ether oxygens (including phenoxy) is 1. The number of amides is 1. The quantitative estimate of drug-likeness (QED) is 0.926. The lowest BCUT2D eigenvalue weighted by Gasteiger charge is -2.31. The van der Waals surface area contributed by atoms with Crippen molar-refractivity contribution in [2.24, 2.45) is 5.92 Å². The molecule has 22 heavy (non-hydrogen) atoms. The summed E-state index contributed by atoms with van der Waals surface area (Å²) in [6.07, 6.45) is 5.43. The summed E-state index contributed by atoms with van der Waals surface area (Å²) < 4.78 is 6.05. The van der Waals surface area contributed by atoms with E-state index in [1.54, 1.807) is 18.3 Å². The third kappa shape index (κ3) is 3.66. The second-order valence-electron chi connectivity index (χ2n) is 5.29. The molecule has 2 aromatic rings. The van der Waals surface area contributed by atoms with Crippen molar-refractivity contribution < 1.29 is 9.53 Å². The first-order valence-corrected chi connectivity index (χ1v) is 8.47. The Morgan fingerprint density at radius 1 is 1.36 bits per heavy atom. The first kappa shape index (κ1) is 15.5. The van der Waals surface area contributed by atoms with Gasteiger partial charge in [0, 0.05) is 25.6 Å². The Kier molecular flexibility index (Phi) is 5.08. The number of hydrogen-bond donors (Lipinski definition) is 1. The molecule has 4 nitrogen and oxygen atoms in total. The summed E-state index contributed by atoms with van der Waals surface area (Å²) in [4.78, 5) is 17.3. The van der Waals surface area contributed by atoms with Crippen LogP contribution in [0.25, 0.3) is 0 Å². The van der Waals surface area contributed by atoms with E-state index >= 15 is 0 Å². The molecule has 0 spiro atoms. The van der Waals surface area contributed by atoms with Crippen LogP contribution in [0.15, 0.2) is 36.7 Å². The van der Waals surface area contributed by atoms with Crippen LogP contribution in [-0.4, -0.2) is 24.1 Å². The highest BCUT2D eigenvalue weighted by atomic mass is 35.5. The van der Waals surface area contributed by atoms with E-state index in [-0.39, 0.29) is 11.9 Å². The Morgan fingerprint density at radius 3 is 2.82 bits per heavy atom. The summed E-state index contributed by atoms with van der Waals surface area (Å²) in [5.41, 5.74) is 1.03. The average Bonchev–Trinajstić information content (AvgIpc) is 3.01. The van der Waals surface area contributed by atoms with E-state index in [0.29, 0.717) is 15.1 Å². The van der Waals surface area contributed by atoms with E-state index in [1.165, 1.54) is 11.3 Å². The number of nitrogens with one attached hydrogen (secondary N) is 1. The van der Waals surface area contributed by atoms with E-state index in [2.05, 4.69) is 10.3 Å². The van der Waals surface area contributed by atoms with Gasteiger partial charge in [-0.1, -0.05) is 17.7 Å². The lowest BCUT2D eigenvalue weighted by molar-refractivity contribution is 0.0514. The molecular weight excluding hydrogens is 320 g/mol. The van der Waals surface area contributed by atoms with Gasteiger partial charge in [-0.05, 0) is 42.5 Å². The minimum atomic E-state index is -0.0859. The van der Waals surface area contributed by atoms with Crippen LogP contribution in [0.4, 0.5) is 0 Å². The molecule has 1 atom stereocenters. The summed E-state index contributed by atoms with van der Waals surface area (Å²) >= 11 is 7.21. The van der Waals surface area contributed by atoms with E-state index in [4.69, 9.17) is 16.3 Å². The lowest BCUT2D eigenvalue weighted by atomic mass is 9.87. The Bertz CT molecular complexity index is 626. The van der Waals surface area contributed by atoms with Crippen molar-refractivity contribution in [2.75, 3.05) is 13.2 Å². The lowest BCUT2D eigenvalue weighted by Crippen LogP contribution is -2.35. The topological polar surface area (TPSA) is 51.2 Å². The van der Waals surface area contributed by atoms with Gasteiger partial charge in [0.05, 0.1) is 15.3 Å². The van der Waals surface area contributed by atoms with Crippen molar-refractivity contribution in [1.29, 1.82) is 0 Å². The van der Waals surface area contributed by atoms with Gasteiger partial charge in [0.2, 0.25) is 0 Å². The van der Waals surface area contributed by atoms with E-state index in [9.17, 15) is 4.79 Å². The van der Waals surface area contributed by atoms with Crippen LogP contribution in [0.1, 0.15) is 34.1 Å². The van der Waals surface area contributed by atoms with Crippen LogP contribution >= 0.6 is 22.9 Å². The second-order valence-corrected chi connectivity index (χ2v) is 7.01. The normalized spacial score (nSPS) is 17.1. The number of halogens is 1. The second kappa shape index (κ2) is 7.22. The van der Waals surface area contributed by atoms with Gasteiger partial charge in [-0.15, -0.1) is 11.3 Å². The fourth-order valence-electron chi connectivity index (χ4n) is 2.73. The number of thiophene rings is 1. The first-order chi connectivity index (χ1) is 10.7. The van der Waals surface area contributed by atoms with Crippen molar-refractivity contribution in [2.45, 2.75) is 18.9 Å². The number of nitrogens with zero attached hydrogens (tertiary/aromatic N) is 1. The maximum absolute atomic E-state index is 12.5. The summed E-state index contributed by atoms with van der Waals surface area (Å²) in [6, 6.07) is 7.36. The molecule has 1 N–H and O–H groups in total. The van der Waals surface area contributed by atoms with Gasteiger partial charge < -0.3 is 10.1 Å². The highest BCUT2D eigenvalue weighted by Crippen LogP contribution is 2.30.